The van der Waals surface area contributed by atoms with Crippen LogP contribution in [0.3, 0.4) is 0 Å². The maximum Gasteiger partial charge on any atom is 0.512 e. The molecule has 262 valence electrons. The number of hydrogen-bond donors (Lipinski definition) is 2. The van der Waals surface area contributed by atoms with Gasteiger partial charge in [0.1, 0.15) is 5.82 Å². The predicted octanol–water partition coefficient (Wildman–Crippen LogP) is 8.73. The van der Waals surface area contributed by atoms with Crippen LogP contribution in [0, 0.1) is 29.1 Å². The normalized spacial score (nSPS) is 26.3. The van der Waals surface area contributed by atoms with E-state index in [2.05, 4.69) is 46.7 Å². The lowest BCUT2D eigenvalue weighted by molar-refractivity contribution is -0.151. The van der Waals surface area contributed by atoms with E-state index in [0.29, 0.717) is 52.4 Å². The van der Waals surface area contributed by atoms with Crippen molar-refractivity contribution in [2.24, 2.45) is 22.2 Å². The zero-order valence-corrected chi connectivity index (χ0v) is 30.1. The van der Waals surface area contributed by atoms with Gasteiger partial charge in [0.25, 0.3) is 5.91 Å². The quantitative estimate of drug-likeness (QED) is 0.162. The highest BCUT2D eigenvalue weighted by molar-refractivity contribution is 7.22. The van der Waals surface area contributed by atoms with Crippen LogP contribution >= 0.6 is 11.3 Å². The standard InChI is InChI=1S/C40H42N6O4S/c1-24-29(18-41-46(24)23-40-17-25-15-38(2,21-40)20-39(3,16-25)22-40)28-11-12-33(43-35(28)50-37(48)49)45-14-13-26-7-6-8-27(30(26)19-45)34(47)44-36-42-31-9-4-5-10-32(31)51-36/h4-12,18,25H,13-17,19-23H2,1-3H3,(H,48,49)(H,42,44,47). The Labute approximate surface area is 300 Å². The Morgan fingerprint density at radius 2 is 1.78 bits per heavy atom. The summed E-state index contributed by atoms with van der Waals surface area (Å²) in [5.41, 5.74) is 6.93. The Hall–Kier alpha value is -4.77. The highest BCUT2D eigenvalue weighted by Gasteiger charge is 2.60. The molecule has 2 unspecified atom stereocenters. The largest absolute Gasteiger partial charge is 0.512 e. The second-order valence-electron chi connectivity index (χ2n) is 16.4. The second-order valence-corrected chi connectivity index (χ2v) is 17.4. The number of pyridine rings is 1. The number of anilines is 2. The van der Waals surface area contributed by atoms with Crippen molar-refractivity contribution in [3.05, 3.63) is 83.2 Å². The van der Waals surface area contributed by atoms with Crippen LogP contribution in [-0.2, 0) is 19.5 Å². The van der Waals surface area contributed by atoms with Gasteiger partial charge in [-0.2, -0.15) is 10.1 Å². The molecule has 1 amide bonds. The SMILES string of the molecule is Cc1c(-c2ccc(N3CCc4cccc(C(=O)Nc5nc6ccccc6s5)c4C3)nc2OC(=O)O)cnn1CC12CC3CC(C)(CC(C)(C3)C1)C2. The van der Waals surface area contributed by atoms with Gasteiger partial charge in [-0.1, -0.05) is 49.4 Å². The molecule has 2 aromatic carbocycles. The lowest BCUT2D eigenvalue weighted by Gasteiger charge is -2.65. The zero-order valence-electron chi connectivity index (χ0n) is 29.2. The average molecular weight is 703 g/mol. The Balaban J connectivity index is 0.979. The molecule has 51 heavy (non-hydrogen) atoms. The first-order valence-electron chi connectivity index (χ1n) is 17.9. The van der Waals surface area contributed by atoms with Crippen LogP contribution in [0.4, 0.5) is 15.7 Å². The number of nitrogens with zero attached hydrogens (tertiary/aromatic N) is 5. The van der Waals surface area contributed by atoms with Crippen molar-refractivity contribution < 1.29 is 19.4 Å². The minimum Gasteiger partial charge on any atom is -0.449 e. The fraction of sp³-hybridized carbons (Fsp3) is 0.425. The molecule has 11 heteroatoms. The van der Waals surface area contributed by atoms with Crippen molar-refractivity contribution in [2.45, 2.75) is 78.8 Å². The van der Waals surface area contributed by atoms with Crippen LogP contribution in [0.5, 0.6) is 5.88 Å². The number of carboxylic acid groups (broad SMARTS) is 1. The highest BCUT2D eigenvalue weighted by Crippen LogP contribution is 2.70. The van der Waals surface area contributed by atoms with E-state index in [1.165, 1.54) is 49.9 Å². The minimum absolute atomic E-state index is 0.0325. The molecule has 0 saturated heterocycles. The van der Waals surface area contributed by atoms with Crippen molar-refractivity contribution in [2.75, 3.05) is 16.8 Å². The average Bonchev–Trinajstić information content (AvgIpc) is 3.64. The Morgan fingerprint density at radius 3 is 2.55 bits per heavy atom. The van der Waals surface area contributed by atoms with Crippen molar-refractivity contribution in [3.8, 4) is 17.0 Å². The van der Waals surface area contributed by atoms with Crippen LogP contribution < -0.4 is 15.0 Å². The molecule has 4 fully saturated rings. The molecule has 5 aromatic rings. The first-order valence-corrected chi connectivity index (χ1v) is 18.8. The van der Waals surface area contributed by atoms with Crippen molar-refractivity contribution >= 4 is 44.6 Å². The van der Waals surface area contributed by atoms with E-state index in [0.717, 1.165) is 45.1 Å². The van der Waals surface area contributed by atoms with E-state index in [-0.39, 0.29) is 17.2 Å². The third-order valence-corrected chi connectivity index (χ3v) is 13.0. The molecule has 4 saturated carbocycles. The lowest BCUT2D eigenvalue weighted by atomic mass is 9.40. The number of para-hydroxylation sites is 1. The van der Waals surface area contributed by atoms with Gasteiger partial charge in [0.05, 0.1) is 16.4 Å². The number of aromatic nitrogens is 4. The molecule has 0 radical (unpaired) electrons. The summed E-state index contributed by atoms with van der Waals surface area (Å²) in [4.78, 5) is 37.0. The van der Waals surface area contributed by atoms with Crippen LogP contribution in [-0.4, -0.2) is 43.5 Å². The van der Waals surface area contributed by atoms with Crippen LogP contribution in [0.2, 0.25) is 0 Å². The molecule has 2 N–H and O–H groups in total. The van der Waals surface area contributed by atoms with Gasteiger partial charge in [0.2, 0.25) is 5.88 Å². The Morgan fingerprint density at radius 1 is 0.980 bits per heavy atom. The summed E-state index contributed by atoms with van der Waals surface area (Å²) >= 11 is 1.45. The molecule has 10 rings (SSSR count). The summed E-state index contributed by atoms with van der Waals surface area (Å²) in [7, 11) is 0. The van der Waals surface area contributed by atoms with E-state index in [1.54, 1.807) is 0 Å². The predicted molar refractivity (Wildman–Crippen MR) is 197 cm³/mol. The molecule has 0 spiro atoms. The molecule has 3 aromatic heterocycles. The van der Waals surface area contributed by atoms with Crippen LogP contribution in [0.15, 0.2) is 60.8 Å². The molecule has 2 atom stereocenters. The van der Waals surface area contributed by atoms with Gasteiger partial charge in [-0.25, -0.2) is 9.78 Å². The number of fused-ring (bicyclic) bond motifs is 2. The van der Waals surface area contributed by atoms with Crippen molar-refractivity contribution in [1.29, 1.82) is 0 Å². The summed E-state index contributed by atoms with van der Waals surface area (Å²) in [5, 5.41) is 18.2. The van der Waals surface area contributed by atoms with Crippen LogP contribution in [0.1, 0.15) is 79.6 Å². The smallest absolute Gasteiger partial charge is 0.449 e. The third kappa shape index (κ3) is 5.75. The first kappa shape index (κ1) is 32.2. The van der Waals surface area contributed by atoms with Gasteiger partial charge in [-0.15, -0.1) is 0 Å². The summed E-state index contributed by atoms with van der Waals surface area (Å²) in [6, 6.07) is 17.4. The number of nitrogens with one attached hydrogen (secondary N) is 1. The highest BCUT2D eigenvalue weighted by atomic mass is 32.1. The maximum atomic E-state index is 13.6. The summed E-state index contributed by atoms with van der Waals surface area (Å²) in [6.07, 6.45) is 8.91. The number of benzene rings is 2. The number of amides is 1. The molecule has 10 nitrogen and oxygen atoms in total. The number of carbonyl (C=O) groups is 2. The monoisotopic (exact) mass is 702 g/mol. The number of carbonyl (C=O) groups excluding carboxylic acids is 1. The van der Waals surface area contributed by atoms with Gasteiger partial charge >= 0.3 is 6.16 Å². The number of ether oxygens (including phenoxy) is 1. The van der Waals surface area contributed by atoms with Crippen molar-refractivity contribution in [3.63, 3.8) is 0 Å². The fourth-order valence-corrected chi connectivity index (χ4v) is 12.0. The number of rotatable bonds is 7. The molecular weight excluding hydrogens is 661 g/mol. The summed E-state index contributed by atoms with van der Waals surface area (Å²) in [6.45, 7) is 9.03. The molecule has 4 bridgehead atoms. The maximum absolute atomic E-state index is 13.6. The van der Waals surface area contributed by atoms with Gasteiger partial charge in [0, 0.05) is 42.0 Å². The molecule has 4 heterocycles. The van der Waals surface area contributed by atoms with E-state index in [4.69, 9.17) is 14.8 Å². The molecule has 1 aliphatic heterocycles. The zero-order chi connectivity index (χ0) is 35.1. The van der Waals surface area contributed by atoms with Crippen LogP contribution in [0.25, 0.3) is 21.3 Å². The number of thiazole rings is 1. The second kappa shape index (κ2) is 11.6. The first-order chi connectivity index (χ1) is 24.5. The lowest BCUT2D eigenvalue weighted by Crippen LogP contribution is -2.56. The van der Waals surface area contributed by atoms with Gasteiger partial charge in [-0.05, 0) is 115 Å². The summed E-state index contributed by atoms with van der Waals surface area (Å²) < 4.78 is 8.50. The van der Waals surface area contributed by atoms with E-state index in [9.17, 15) is 14.7 Å². The Kier molecular flexibility index (Phi) is 7.33. The van der Waals surface area contributed by atoms with E-state index < -0.39 is 6.16 Å². The minimum atomic E-state index is -1.42. The Bertz CT molecular complexity index is 2170. The number of hydrogen-bond acceptors (Lipinski definition) is 8. The van der Waals surface area contributed by atoms with E-state index in [1.807, 2.05) is 54.7 Å². The van der Waals surface area contributed by atoms with Gasteiger partial charge < -0.3 is 14.7 Å². The fourth-order valence-electron chi connectivity index (χ4n) is 11.1. The van der Waals surface area contributed by atoms with E-state index >= 15 is 0 Å². The molecular formula is C40H42N6O4S. The van der Waals surface area contributed by atoms with Crippen molar-refractivity contribution in [1.82, 2.24) is 19.7 Å². The third-order valence-electron chi connectivity index (χ3n) is 12.0. The topological polar surface area (TPSA) is 122 Å². The molecule has 4 aliphatic carbocycles. The molecule has 5 aliphatic rings. The van der Waals surface area contributed by atoms with Gasteiger partial charge in [0.15, 0.2) is 5.13 Å². The summed E-state index contributed by atoms with van der Waals surface area (Å²) in [5.74, 6) is 1.20. The van der Waals surface area contributed by atoms with Gasteiger partial charge in [-0.3, -0.25) is 14.8 Å².